The average Bonchev–Trinajstić information content (AvgIpc) is 2.86. The van der Waals surface area contributed by atoms with Crippen molar-refractivity contribution in [2.75, 3.05) is 6.54 Å². The SMILES string of the molecule is Cc1nn(CCCc2ccccc2)c2c1C(CCN)CCC2. The summed E-state index contributed by atoms with van der Waals surface area (Å²) >= 11 is 0. The third-order valence-electron chi connectivity index (χ3n) is 4.85. The number of aryl methyl sites for hydroxylation is 3. The summed E-state index contributed by atoms with van der Waals surface area (Å²) in [6.45, 7) is 3.98. The molecule has 0 radical (unpaired) electrons. The van der Waals surface area contributed by atoms with Gasteiger partial charge in [-0.15, -0.1) is 0 Å². The first-order chi connectivity index (χ1) is 10.8. The topological polar surface area (TPSA) is 43.8 Å². The molecule has 1 unspecified atom stereocenters. The molecule has 0 saturated heterocycles. The second kappa shape index (κ2) is 7.10. The summed E-state index contributed by atoms with van der Waals surface area (Å²) in [7, 11) is 0. The molecule has 0 fully saturated rings. The summed E-state index contributed by atoms with van der Waals surface area (Å²) in [6.07, 6.45) is 7.12. The van der Waals surface area contributed by atoms with Crippen molar-refractivity contribution in [3.05, 3.63) is 52.8 Å². The van der Waals surface area contributed by atoms with Gasteiger partial charge in [0.15, 0.2) is 0 Å². The van der Waals surface area contributed by atoms with E-state index in [1.165, 1.54) is 41.8 Å². The highest BCUT2D eigenvalue weighted by Crippen LogP contribution is 2.35. The van der Waals surface area contributed by atoms with Crippen molar-refractivity contribution in [1.29, 1.82) is 0 Å². The summed E-state index contributed by atoms with van der Waals surface area (Å²) < 4.78 is 2.27. The van der Waals surface area contributed by atoms with Crippen LogP contribution in [0.15, 0.2) is 30.3 Å². The molecule has 0 aliphatic heterocycles. The van der Waals surface area contributed by atoms with Gasteiger partial charge in [-0.2, -0.15) is 5.10 Å². The van der Waals surface area contributed by atoms with Crippen LogP contribution in [0.1, 0.15) is 54.1 Å². The van der Waals surface area contributed by atoms with Crippen LogP contribution in [0.3, 0.4) is 0 Å². The number of benzene rings is 1. The van der Waals surface area contributed by atoms with E-state index in [0.29, 0.717) is 5.92 Å². The highest BCUT2D eigenvalue weighted by molar-refractivity contribution is 5.32. The third kappa shape index (κ3) is 3.25. The van der Waals surface area contributed by atoms with Crippen molar-refractivity contribution in [3.63, 3.8) is 0 Å². The lowest BCUT2D eigenvalue weighted by atomic mass is 9.83. The molecule has 1 heterocycles. The molecule has 2 N–H and O–H groups in total. The lowest BCUT2D eigenvalue weighted by molar-refractivity contribution is 0.490. The first-order valence-electron chi connectivity index (χ1n) is 8.59. The van der Waals surface area contributed by atoms with Crippen LogP contribution in [0.25, 0.3) is 0 Å². The van der Waals surface area contributed by atoms with E-state index in [9.17, 15) is 0 Å². The van der Waals surface area contributed by atoms with Gasteiger partial charge < -0.3 is 5.73 Å². The molecular formula is C19H27N3. The molecule has 2 aromatic rings. The summed E-state index contributed by atoms with van der Waals surface area (Å²) in [5.41, 5.74) is 11.4. The standard InChI is InChI=1S/C19H27N3/c1-15-19-17(12-13-20)10-5-11-18(19)22(21-15)14-6-9-16-7-3-2-4-8-16/h2-4,7-8,17H,5-6,9-14,20H2,1H3. The van der Waals surface area contributed by atoms with E-state index in [4.69, 9.17) is 10.8 Å². The Kier molecular flexibility index (Phi) is 4.94. The van der Waals surface area contributed by atoms with E-state index in [-0.39, 0.29) is 0 Å². The molecule has 1 aliphatic carbocycles. The second-order valence-electron chi connectivity index (χ2n) is 6.42. The van der Waals surface area contributed by atoms with Crippen LogP contribution in [0.4, 0.5) is 0 Å². The van der Waals surface area contributed by atoms with E-state index in [1.54, 1.807) is 0 Å². The molecule has 0 amide bonds. The Balaban J connectivity index is 1.68. The number of hydrogen-bond donors (Lipinski definition) is 1. The van der Waals surface area contributed by atoms with Crippen molar-refractivity contribution in [2.24, 2.45) is 5.73 Å². The maximum Gasteiger partial charge on any atom is 0.0631 e. The zero-order valence-corrected chi connectivity index (χ0v) is 13.6. The second-order valence-corrected chi connectivity index (χ2v) is 6.42. The predicted molar refractivity (Wildman–Crippen MR) is 91.1 cm³/mol. The number of rotatable bonds is 6. The van der Waals surface area contributed by atoms with Gasteiger partial charge >= 0.3 is 0 Å². The highest BCUT2D eigenvalue weighted by Gasteiger charge is 2.26. The Morgan fingerprint density at radius 1 is 1.27 bits per heavy atom. The van der Waals surface area contributed by atoms with Gasteiger partial charge in [0.05, 0.1) is 5.69 Å². The zero-order valence-electron chi connectivity index (χ0n) is 13.6. The minimum Gasteiger partial charge on any atom is -0.330 e. The van der Waals surface area contributed by atoms with Crippen molar-refractivity contribution in [3.8, 4) is 0 Å². The van der Waals surface area contributed by atoms with Crippen LogP contribution in [-0.4, -0.2) is 16.3 Å². The van der Waals surface area contributed by atoms with Crippen molar-refractivity contribution in [1.82, 2.24) is 9.78 Å². The van der Waals surface area contributed by atoms with Crippen LogP contribution in [0.2, 0.25) is 0 Å². The molecule has 3 heteroatoms. The Morgan fingerprint density at radius 2 is 2.09 bits per heavy atom. The lowest BCUT2D eigenvalue weighted by Gasteiger charge is -2.23. The minimum atomic E-state index is 0.636. The Bertz CT molecular complexity index is 601. The Morgan fingerprint density at radius 3 is 2.86 bits per heavy atom. The van der Waals surface area contributed by atoms with Gasteiger partial charge in [0.2, 0.25) is 0 Å². The first kappa shape index (κ1) is 15.3. The molecule has 22 heavy (non-hydrogen) atoms. The van der Waals surface area contributed by atoms with E-state index >= 15 is 0 Å². The molecule has 1 atom stereocenters. The van der Waals surface area contributed by atoms with E-state index < -0.39 is 0 Å². The number of aromatic nitrogens is 2. The fourth-order valence-electron chi connectivity index (χ4n) is 3.85. The minimum absolute atomic E-state index is 0.636. The van der Waals surface area contributed by atoms with Gasteiger partial charge in [-0.3, -0.25) is 4.68 Å². The quantitative estimate of drug-likeness (QED) is 0.885. The van der Waals surface area contributed by atoms with Crippen LogP contribution >= 0.6 is 0 Å². The van der Waals surface area contributed by atoms with Crippen molar-refractivity contribution < 1.29 is 0 Å². The maximum atomic E-state index is 5.79. The van der Waals surface area contributed by atoms with Gasteiger partial charge in [0.1, 0.15) is 0 Å². The normalized spacial score (nSPS) is 17.5. The summed E-state index contributed by atoms with van der Waals surface area (Å²) in [5.74, 6) is 0.636. The summed E-state index contributed by atoms with van der Waals surface area (Å²) in [4.78, 5) is 0. The van der Waals surface area contributed by atoms with Gasteiger partial charge in [0, 0.05) is 12.2 Å². The molecule has 0 spiro atoms. The molecule has 3 nitrogen and oxygen atoms in total. The van der Waals surface area contributed by atoms with E-state index in [1.807, 2.05) is 0 Å². The molecular weight excluding hydrogens is 270 g/mol. The van der Waals surface area contributed by atoms with E-state index in [2.05, 4.69) is 41.9 Å². The largest absolute Gasteiger partial charge is 0.330 e. The maximum absolute atomic E-state index is 5.79. The smallest absolute Gasteiger partial charge is 0.0631 e. The van der Waals surface area contributed by atoms with Crippen LogP contribution in [0.5, 0.6) is 0 Å². The average molecular weight is 297 g/mol. The summed E-state index contributed by atoms with van der Waals surface area (Å²) in [5, 5.41) is 4.83. The van der Waals surface area contributed by atoms with Gasteiger partial charge in [-0.1, -0.05) is 30.3 Å². The van der Waals surface area contributed by atoms with Gasteiger partial charge in [-0.25, -0.2) is 0 Å². The fraction of sp³-hybridized carbons (Fsp3) is 0.526. The van der Waals surface area contributed by atoms with Gasteiger partial charge in [0.25, 0.3) is 0 Å². The lowest BCUT2D eigenvalue weighted by Crippen LogP contribution is -2.16. The third-order valence-corrected chi connectivity index (χ3v) is 4.85. The predicted octanol–water partition coefficient (Wildman–Crippen LogP) is 3.59. The first-order valence-corrected chi connectivity index (χ1v) is 8.59. The summed E-state index contributed by atoms with van der Waals surface area (Å²) in [6, 6.07) is 10.7. The zero-order chi connectivity index (χ0) is 15.4. The van der Waals surface area contributed by atoms with Crippen LogP contribution in [-0.2, 0) is 19.4 Å². The van der Waals surface area contributed by atoms with Crippen molar-refractivity contribution in [2.45, 2.75) is 57.9 Å². The molecule has 0 saturated carbocycles. The number of nitrogens with two attached hydrogens (primary N) is 1. The molecule has 0 bridgehead atoms. The molecule has 1 aromatic carbocycles. The van der Waals surface area contributed by atoms with E-state index in [0.717, 1.165) is 32.4 Å². The molecule has 1 aromatic heterocycles. The molecule has 118 valence electrons. The fourth-order valence-corrected chi connectivity index (χ4v) is 3.85. The number of hydrogen-bond acceptors (Lipinski definition) is 2. The molecule has 1 aliphatic rings. The Labute approximate surface area is 133 Å². The monoisotopic (exact) mass is 297 g/mol. The molecule has 3 rings (SSSR count). The highest BCUT2D eigenvalue weighted by atomic mass is 15.3. The number of fused-ring (bicyclic) bond motifs is 1. The van der Waals surface area contributed by atoms with Crippen molar-refractivity contribution >= 4 is 0 Å². The Hall–Kier alpha value is -1.61. The van der Waals surface area contributed by atoms with Crippen LogP contribution < -0.4 is 5.73 Å². The van der Waals surface area contributed by atoms with Gasteiger partial charge in [-0.05, 0) is 69.0 Å². The number of nitrogens with zero attached hydrogens (tertiary/aromatic N) is 2. The van der Waals surface area contributed by atoms with Crippen LogP contribution in [0, 0.1) is 6.92 Å².